The molecule has 0 atom stereocenters. The molecule has 0 aromatic heterocycles. The van der Waals surface area contributed by atoms with Crippen LogP contribution in [0.25, 0.3) is 0 Å². The van der Waals surface area contributed by atoms with Crippen LogP contribution in [0.15, 0.2) is 29.2 Å². The largest absolute Gasteiger partial charge is 0.240 e. The van der Waals surface area contributed by atoms with Gasteiger partial charge in [0.25, 0.3) is 0 Å². The van der Waals surface area contributed by atoms with Gasteiger partial charge in [-0.2, -0.15) is 0 Å². The van der Waals surface area contributed by atoms with Gasteiger partial charge >= 0.3 is 0 Å². The molecular formula is C16H26BrNO2S. The van der Waals surface area contributed by atoms with Gasteiger partial charge in [-0.25, -0.2) is 13.1 Å². The highest BCUT2D eigenvalue weighted by molar-refractivity contribution is 9.09. The maximum absolute atomic E-state index is 12.3. The number of rotatable bonds is 9. The van der Waals surface area contributed by atoms with Gasteiger partial charge < -0.3 is 0 Å². The Balaban J connectivity index is 2.68. The quantitative estimate of drug-likeness (QED) is 0.659. The molecule has 5 heteroatoms. The SMILES string of the molecule is CCCc1ccc(S(=O)(=O)NCC(C)(C)CCCBr)cc1. The highest BCUT2D eigenvalue weighted by atomic mass is 79.9. The third-order valence-electron chi connectivity index (χ3n) is 3.50. The van der Waals surface area contributed by atoms with Gasteiger partial charge in [0, 0.05) is 11.9 Å². The lowest BCUT2D eigenvalue weighted by atomic mass is 9.88. The molecular weight excluding hydrogens is 350 g/mol. The van der Waals surface area contributed by atoms with Crippen LogP contribution in [0.3, 0.4) is 0 Å². The van der Waals surface area contributed by atoms with Gasteiger partial charge in [-0.15, -0.1) is 0 Å². The van der Waals surface area contributed by atoms with Crippen LogP contribution in [-0.4, -0.2) is 20.3 Å². The molecule has 0 saturated heterocycles. The van der Waals surface area contributed by atoms with Crippen molar-refractivity contribution in [3.8, 4) is 0 Å². The summed E-state index contributed by atoms with van der Waals surface area (Å²) in [4.78, 5) is 0.346. The lowest BCUT2D eigenvalue weighted by Crippen LogP contribution is -2.34. The minimum atomic E-state index is -3.41. The monoisotopic (exact) mass is 375 g/mol. The summed E-state index contributed by atoms with van der Waals surface area (Å²) in [6.07, 6.45) is 4.07. The zero-order valence-corrected chi connectivity index (χ0v) is 15.6. The second kappa shape index (κ2) is 8.30. The molecule has 3 nitrogen and oxygen atoms in total. The van der Waals surface area contributed by atoms with Gasteiger partial charge in [0.1, 0.15) is 0 Å². The Kier molecular flexibility index (Phi) is 7.37. The fraction of sp³-hybridized carbons (Fsp3) is 0.625. The van der Waals surface area contributed by atoms with Crippen LogP contribution in [0.1, 0.15) is 45.6 Å². The topological polar surface area (TPSA) is 46.2 Å². The molecule has 0 aliphatic heterocycles. The van der Waals surface area contributed by atoms with E-state index in [1.165, 1.54) is 5.56 Å². The molecule has 0 amide bonds. The van der Waals surface area contributed by atoms with Crippen molar-refractivity contribution in [2.24, 2.45) is 5.41 Å². The number of hydrogen-bond donors (Lipinski definition) is 1. The third-order valence-corrected chi connectivity index (χ3v) is 5.48. The Morgan fingerprint density at radius 3 is 2.33 bits per heavy atom. The first-order valence-electron chi connectivity index (χ1n) is 7.45. The Hall–Kier alpha value is -0.390. The Morgan fingerprint density at radius 2 is 1.81 bits per heavy atom. The van der Waals surface area contributed by atoms with Crippen LogP contribution >= 0.6 is 15.9 Å². The van der Waals surface area contributed by atoms with Crippen molar-refractivity contribution in [3.05, 3.63) is 29.8 Å². The van der Waals surface area contributed by atoms with Crippen molar-refractivity contribution in [2.45, 2.75) is 51.3 Å². The van der Waals surface area contributed by atoms with Crippen molar-refractivity contribution in [1.29, 1.82) is 0 Å². The first kappa shape index (κ1) is 18.7. The highest BCUT2D eigenvalue weighted by Gasteiger charge is 2.21. The number of aryl methyl sites for hydroxylation is 1. The predicted octanol–water partition coefficient (Wildman–Crippen LogP) is 4.12. The van der Waals surface area contributed by atoms with Gasteiger partial charge in [0.15, 0.2) is 0 Å². The third kappa shape index (κ3) is 6.49. The summed E-state index contributed by atoms with van der Waals surface area (Å²) in [6, 6.07) is 7.18. The van der Waals surface area contributed by atoms with Crippen molar-refractivity contribution < 1.29 is 8.42 Å². The van der Waals surface area contributed by atoms with Gasteiger partial charge in [0.05, 0.1) is 4.90 Å². The summed E-state index contributed by atoms with van der Waals surface area (Å²) >= 11 is 3.41. The van der Waals surface area contributed by atoms with Gasteiger partial charge in [-0.3, -0.25) is 0 Å². The Labute approximate surface area is 137 Å². The molecule has 0 unspecified atom stereocenters. The first-order chi connectivity index (χ1) is 9.80. The maximum atomic E-state index is 12.3. The molecule has 120 valence electrons. The van der Waals surface area contributed by atoms with Crippen LogP contribution in [0, 0.1) is 5.41 Å². The molecule has 0 fully saturated rings. The van der Waals surface area contributed by atoms with E-state index in [0.29, 0.717) is 11.4 Å². The molecule has 1 N–H and O–H groups in total. The molecule has 0 aliphatic carbocycles. The number of sulfonamides is 1. The normalized spacial score (nSPS) is 12.6. The lowest BCUT2D eigenvalue weighted by Gasteiger charge is -2.24. The van der Waals surface area contributed by atoms with Crippen molar-refractivity contribution >= 4 is 26.0 Å². The maximum Gasteiger partial charge on any atom is 0.240 e. The minimum Gasteiger partial charge on any atom is -0.211 e. The molecule has 0 aliphatic rings. The molecule has 0 heterocycles. The second-order valence-electron chi connectivity index (χ2n) is 6.18. The van der Waals surface area contributed by atoms with E-state index in [2.05, 4.69) is 41.4 Å². The first-order valence-corrected chi connectivity index (χ1v) is 10.1. The Bertz CT molecular complexity index is 524. The summed E-state index contributed by atoms with van der Waals surface area (Å²) in [5, 5.41) is 0.946. The van der Waals surface area contributed by atoms with Crippen LogP contribution in [-0.2, 0) is 16.4 Å². The van der Waals surface area contributed by atoms with E-state index in [0.717, 1.165) is 31.0 Å². The molecule has 0 spiro atoms. The molecule has 1 aromatic rings. The lowest BCUT2D eigenvalue weighted by molar-refractivity contribution is 0.332. The van der Waals surface area contributed by atoms with E-state index >= 15 is 0 Å². The van der Waals surface area contributed by atoms with E-state index < -0.39 is 10.0 Å². The van der Waals surface area contributed by atoms with Crippen molar-refractivity contribution in [1.82, 2.24) is 4.72 Å². The van der Waals surface area contributed by atoms with E-state index in [1.807, 2.05) is 12.1 Å². The van der Waals surface area contributed by atoms with Gasteiger partial charge in [-0.1, -0.05) is 55.3 Å². The predicted molar refractivity (Wildman–Crippen MR) is 92.4 cm³/mol. The minimum absolute atomic E-state index is 0.0387. The molecule has 0 bridgehead atoms. The summed E-state index contributed by atoms with van der Waals surface area (Å²) in [5.74, 6) is 0. The number of alkyl halides is 1. The average Bonchev–Trinajstić information content (AvgIpc) is 2.44. The smallest absolute Gasteiger partial charge is 0.211 e. The van der Waals surface area contributed by atoms with E-state index in [-0.39, 0.29) is 5.41 Å². The van der Waals surface area contributed by atoms with Crippen molar-refractivity contribution in [2.75, 3.05) is 11.9 Å². The fourth-order valence-corrected chi connectivity index (χ4v) is 3.65. The second-order valence-corrected chi connectivity index (χ2v) is 8.74. The molecule has 0 radical (unpaired) electrons. The summed E-state index contributed by atoms with van der Waals surface area (Å²) in [6.45, 7) is 6.74. The number of hydrogen-bond acceptors (Lipinski definition) is 2. The average molecular weight is 376 g/mol. The number of benzene rings is 1. The standard InChI is InChI=1S/C16H26BrNO2S/c1-4-6-14-7-9-15(10-8-14)21(19,20)18-13-16(2,3)11-5-12-17/h7-10,18H,4-6,11-13H2,1-3H3. The number of nitrogens with one attached hydrogen (secondary N) is 1. The summed E-state index contributed by atoms with van der Waals surface area (Å²) < 4.78 is 27.3. The summed E-state index contributed by atoms with van der Waals surface area (Å²) in [7, 11) is -3.41. The number of halogens is 1. The van der Waals surface area contributed by atoms with E-state index in [9.17, 15) is 8.42 Å². The van der Waals surface area contributed by atoms with E-state index in [4.69, 9.17) is 0 Å². The fourth-order valence-electron chi connectivity index (χ4n) is 2.13. The van der Waals surface area contributed by atoms with Crippen LogP contribution in [0.2, 0.25) is 0 Å². The zero-order valence-electron chi connectivity index (χ0n) is 13.2. The van der Waals surface area contributed by atoms with Crippen LogP contribution in [0.4, 0.5) is 0 Å². The Morgan fingerprint density at radius 1 is 1.19 bits per heavy atom. The molecule has 0 saturated carbocycles. The highest BCUT2D eigenvalue weighted by Crippen LogP contribution is 2.22. The molecule has 1 aromatic carbocycles. The zero-order chi connectivity index (χ0) is 15.9. The summed E-state index contributed by atoms with van der Waals surface area (Å²) in [5.41, 5.74) is 1.14. The van der Waals surface area contributed by atoms with Crippen LogP contribution in [0.5, 0.6) is 0 Å². The molecule has 21 heavy (non-hydrogen) atoms. The van der Waals surface area contributed by atoms with Gasteiger partial charge in [-0.05, 0) is 42.4 Å². The van der Waals surface area contributed by atoms with E-state index in [1.54, 1.807) is 12.1 Å². The van der Waals surface area contributed by atoms with Gasteiger partial charge in [0.2, 0.25) is 10.0 Å². The molecule has 1 rings (SSSR count). The van der Waals surface area contributed by atoms with Crippen molar-refractivity contribution in [3.63, 3.8) is 0 Å². The van der Waals surface area contributed by atoms with Crippen LogP contribution < -0.4 is 4.72 Å².